The summed E-state index contributed by atoms with van der Waals surface area (Å²) in [5, 5.41) is 0. The van der Waals surface area contributed by atoms with E-state index in [1.165, 1.54) is 39.7 Å². The molecule has 0 aliphatic carbocycles. The Morgan fingerprint density at radius 2 is 0.816 bits per heavy atom. The molecule has 188 valence electrons. The smallest absolute Gasteiger partial charge is 0.262 e. The summed E-state index contributed by atoms with van der Waals surface area (Å²) in [7, 11) is 9.26. The fraction of sp³-hybridized carbons (Fsp3) is 0.143. The van der Waals surface area contributed by atoms with Gasteiger partial charge in [0.2, 0.25) is 11.4 Å². The van der Waals surface area contributed by atoms with Crippen molar-refractivity contribution >= 4 is 34.1 Å². The number of nitrogens with zero attached hydrogens (tertiary/aromatic N) is 3. The van der Waals surface area contributed by atoms with Crippen molar-refractivity contribution in [2.45, 2.75) is 6.17 Å². The monoisotopic (exact) mass is 498 g/mol. The van der Waals surface area contributed by atoms with Gasteiger partial charge in [0, 0.05) is 24.3 Å². The molecule has 0 fully saturated rings. The highest BCUT2D eigenvalue weighted by molar-refractivity contribution is 5.82. The molecule has 0 amide bonds. The van der Waals surface area contributed by atoms with Gasteiger partial charge < -0.3 is 0 Å². The molecule has 0 aromatic heterocycles. The highest BCUT2D eigenvalue weighted by atomic mass is 15.6. The van der Waals surface area contributed by atoms with Crippen LogP contribution in [0.5, 0.6) is 0 Å². The minimum absolute atomic E-state index is 0.0959. The topological polar surface area (TPSA) is 0 Å². The van der Waals surface area contributed by atoms with Gasteiger partial charge in [-0.2, -0.15) is 0 Å². The van der Waals surface area contributed by atoms with E-state index in [2.05, 4.69) is 168 Å². The molecule has 1 heterocycles. The number of hydrogen-bond donors (Lipinski definition) is 0. The second-order valence-electron chi connectivity index (χ2n) is 11.1. The Balaban J connectivity index is 1.57. The lowest BCUT2D eigenvalue weighted by molar-refractivity contribution is 0.223. The van der Waals surface area contributed by atoms with Crippen LogP contribution in [0.25, 0.3) is 0 Å². The van der Waals surface area contributed by atoms with Crippen molar-refractivity contribution in [2.24, 2.45) is 0 Å². The number of fused-ring (bicyclic) bond motifs is 1. The van der Waals surface area contributed by atoms with E-state index in [1.807, 2.05) is 0 Å². The summed E-state index contributed by atoms with van der Waals surface area (Å²) < 4.78 is 2.08. The van der Waals surface area contributed by atoms with E-state index in [0.29, 0.717) is 13.4 Å². The number of rotatable bonds is 5. The second kappa shape index (κ2) is 9.07. The van der Waals surface area contributed by atoms with Crippen LogP contribution in [-0.4, -0.2) is 28.2 Å². The number of quaternary nitrogens is 3. The molecular formula is C35H36N3+3. The van der Waals surface area contributed by atoms with E-state index in [9.17, 15) is 0 Å². The molecule has 1 aliphatic rings. The molecule has 5 aromatic rings. The highest BCUT2D eigenvalue weighted by Gasteiger charge is 2.61. The standard InChI is InChI=1S/C35H36N3/c1-36(2,29-16-8-5-9-17-29)30-26-24-28(25-27-30)35-37(3,31-18-10-6-11-19-31)33-22-14-15-23-34(33)38(35,4)32-20-12-7-13-21-32/h5-27,35H,1-4H3/q+3. The van der Waals surface area contributed by atoms with Crippen LogP contribution in [0.4, 0.5) is 34.1 Å². The molecule has 2 atom stereocenters. The van der Waals surface area contributed by atoms with E-state index in [1.54, 1.807) is 0 Å². The van der Waals surface area contributed by atoms with Crippen molar-refractivity contribution in [3.05, 3.63) is 145 Å². The van der Waals surface area contributed by atoms with Crippen molar-refractivity contribution in [3.8, 4) is 0 Å². The lowest BCUT2D eigenvalue weighted by atomic mass is 10.0. The normalized spacial score (nSPS) is 22.7. The Labute approximate surface area is 226 Å². The fourth-order valence-corrected chi connectivity index (χ4v) is 6.58. The summed E-state index contributed by atoms with van der Waals surface area (Å²) >= 11 is 0. The van der Waals surface area contributed by atoms with Crippen molar-refractivity contribution in [3.63, 3.8) is 0 Å². The van der Waals surface area contributed by atoms with Crippen LogP contribution in [0.2, 0.25) is 0 Å². The summed E-state index contributed by atoms with van der Waals surface area (Å²) in [6, 6.07) is 51.0. The van der Waals surface area contributed by atoms with Gasteiger partial charge in [0.15, 0.2) is 0 Å². The number of hydrogen-bond acceptors (Lipinski definition) is 0. The molecule has 0 saturated heterocycles. The van der Waals surface area contributed by atoms with Crippen LogP contribution in [0.15, 0.2) is 140 Å². The quantitative estimate of drug-likeness (QED) is 0.212. The zero-order chi connectivity index (χ0) is 26.4. The van der Waals surface area contributed by atoms with Gasteiger partial charge in [0.05, 0.1) is 33.8 Å². The van der Waals surface area contributed by atoms with E-state index in [-0.39, 0.29) is 6.17 Å². The van der Waals surface area contributed by atoms with Crippen LogP contribution >= 0.6 is 0 Å². The summed E-state index contributed by atoms with van der Waals surface area (Å²) in [5.74, 6) is 0. The predicted octanol–water partition coefficient (Wildman–Crippen LogP) is 8.84. The number of benzene rings is 5. The minimum atomic E-state index is 0.0959. The molecule has 5 aromatic carbocycles. The first-order chi connectivity index (χ1) is 18.4. The molecule has 0 N–H and O–H groups in total. The van der Waals surface area contributed by atoms with Crippen LogP contribution in [0, 0.1) is 0 Å². The summed E-state index contributed by atoms with van der Waals surface area (Å²) in [5.41, 5.74) is 9.08. The third-order valence-corrected chi connectivity index (χ3v) is 8.68. The third kappa shape index (κ3) is 3.55. The molecule has 0 saturated carbocycles. The lowest BCUT2D eigenvalue weighted by Crippen LogP contribution is -2.53. The molecule has 6 rings (SSSR count). The average Bonchev–Trinajstić information content (AvgIpc) is 3.19. The highest BCUT2D eigenvalue weighted by Crippen LogP contribution is 2.61. The van der Waals surface area contributed by atoms with Gasteiger partial charge >= 0.3 is 0 Å². The van der Waals surface area contributed by atoms with Crippen molar-refractivity contribution in [1.29, 1.82) is 0 Å². The maximum atomic E-state index is 2.38. The molecular weight excluding hydrogens is 462 g/mol. The van der Waals surface area contributed by atoms with Gasteiger partial charge in [-0.15, -0.1) is 0 Å². The van der Waals surface area contributed by atoms with Crippen molar-refractivity contribution < 1.29 is 0 Å². The second-order valence-corrected chi connectivity index (χ2v) is 11.1. The molecule has 3 nitrogen and oxygen atoms in total. The summed E-state index contributed by atoms with van der Waals surface area (Å²) in [6.45, 7) is 0. The summed E-state index contributed by atoms with van der Waals surface area (Å²) in [6.07, 6.45) is 0.0959. The van der Waals surface area contributed by atoms with Gasteiger partial charge in [-0.05, 0) is 48.5 Å². The molecule has 38 heavy (non-hydrogen) atoms. The zero-order valence-corrected chi connectivity index (χ0v) is 22.7. The Hall–Kier alpha value is -4.02. The van der Waals surface area contributed by atoms with Crippen LogP contribution in [0.3, 0.4) is 0 Å². The number of para-hydroxylation sites is 5. The maximum absolute atomic E-state index is 2.38. The lowest BCUT2D eigenvalue weighted by Gasteiger charge is -2.40. The molecule has 0 spiro atoms. The van der Waals surface area contributed by atoms with Gasteiger partial charge in [0.25, 0.3) is 6.17 Å². The van der Waals surface area contributed by atoms with Crippen molar-refractivity contribution in [2.75, 3.05) is 28.2 Å². The first-order valence-electron chi connectivity index (χ1n) is 13.3. The van der Waals surface area contributed by atoms with Gasteiger partial charge in [-0.1, -0.05) is 66.7 Å². The largest absolute Gasteiger partial charge is 0.264 e. The van der Waals surface area contributed by atoms with E-state index in [4.69, 9.17) is 0 Å². The van der Waals surface area contributed by atoms with Crippen LogP contribution < -0.4 is 13.4 Å². The van der Waals surface area contributed by atoms with Gasteiger partial charge in [-0.25, -0.2) is 8.97 Å². The average molecular weight is 499 g/mol. The predicted molar refractivity (Wildman–Crippen MR) is 163 cm³/mol. The Bertz CT molecular complexity index is 1470. The Morgan fingerprint density at radius 3 is 1.26 bits per heavy atom. The zero-order valence-electron chi connectivity index (χ0n) is 22.7. The molecule has 3 heteroatoms. The minimum Gasteiger partial charge on any atom is -0.264 e. The maximum Gasteiger partial charge on any atom is 0.262 e. The van der Waals surface area contributed by atoms with Crippen molar-refractivity contribution in [1.82, 2.24) is 13.4 Å². The Kier molecular flexibility index (Phi) is 5.81. The van der Waals surface area contributed by atoms with E-state index >= 15 is 0 Å². The Morgan fingerprint density at radius 1 is 0.447 bits per heavy atom. The van der Waals surface area contributed by atoms with E-state index < -0.39 is 0 Å². The fourth-order valence-electron chi connectivity index (χ4n) is 6.58. The van der Waals surface area contributed by atoms with E-state index in [0.717, 1.165) is 0 Å². The molecule has 0 radical (unpaired) electrons. The SMILES string of the molecule is C[N+](C)(c1ccccc1)c1ccc(C2[N+](C)(c3ccccc3)c3ccccc3[N+]2(C)c2ccccc2)cc1. The first kappa shape index (κ1) is 24.3. The summed E-state index contributed by atoms with van der Waals surface area (Å²) in [4.78, 5) is 0. The molecule has 0 bridgehead atoms. The third-order valence-electron chi connectivity index (χ3n) is 8.68. The first-order valence-corrected chi connectivity index (χ1v) is 13.3. The van der Waals surface area contributed by atoms with Crippen LogP contribution in [0.1, 0.15) is 11.7 Å². The molecule has 2 unspecified atom stereocenters. The molecule has 1 aliphatic heterocycles. The van der Waals surface area contributed by atoms with Gasteiger partial charge in [0.1, 0.15) is 22.7 Å². The van der Waals surface area contributed by atoms with Crippen LogP contribution in [-0.2, 0) is 0 Å². The van der Waals surface area contributed by atoms with Gasteiger partial charge in [-0.3, -0.25) is 4.48 Å².